The van der Waals surface area contributed by atoms with Crippen LogP contribution in [0.15, 0.2) is 78.9 Å². The van der Waals surface area contributed by atoms with E-state index in [0.717, 1.165) is 22.4 Å². The van der Waals surface area contributed by atoms with E-state index in [0.29, 0.717) is 24.5 Å². The van der Waals surface area contributed by atoms with Gasteiger partial charge in [-0.3, -0.25) is 9.59 Å². The molecule has 0 aliphatic carbocycles. The number of carbonyl (C=O) groups excluding carboxylic acids is 2. The maximum atomic E-state index is 13.3. The Kier molecular flexibility index (Phi) is 8.28. The van der Waals surface area contributed by atoms with Crippen LogP contribution in [0.5, 0.6) is 5.75 Å². The second-order valence-corrected chi connectivity index (χ2v) is 7.98. The van der Waals surface area contributed by atoms with Crippen molar-refractivity contribution in [1.29, 1.82) is 0 Å². The Labute approximate surface area is 194 Å². The molecular formula is C26H27ClN2O3. The fraction of sp³-hybridized carbons (Fsp3) is 0.231. The first kappa shape index (κ1) is 23.4. The van der Waals surface area contributed by atoms with Gasteiger partial charge >= 0.3 is 0 Å². The van der Waals surface area contributed by atoms with Crippen LogP contribution in [0.2, 0.25) is 5.02 Å². The third-order valence-corrected chi connectivity index (χ3v) is 5.50. The summed E-state index contributed by atoms with van der Waals surface area (Å²) in [5.74, 6) is 0.391. The molecule has 0 heterocycles. The Bertz CT molecular complexity index is 1020. The second-order valence-electron chi connectivity index (χ2n) is 7.54. The van der Waals surface area contributed by atoms with Crippen molar-refractivity contribution >= 4 is 23.4 Å². The quantitative estimate of drug-likeness (QED) is 0.517. The van der Waals surface area contributed by atoms with Gasteiger partial charge < -0.3 is 15.0 Å². The molecule has 0 fully saturated rings. The van der Waals surface area contributed by atoms with Gasteiger partial charge in [0, 0.05) is 31.5 Å². The molecule has 1 atom stereocenters. The van der Waals surface area contributed by atoms with Crippen LogP contribution in [0.3, 0.4) is 0 Å². The highest BCUT2D eigenvalue weighted by atomic mass is 35.5. The first-order valence-electron chi connectivity index (χ1n) is 10.4. The van der Waals surface area contributed by atoms with Gasteiger partial charge in [-0.05, 0) is 41.0 Å². The van der Waals surface area contributed by atoms with E-state index in [4.69, 9.17) is 16.3 Å². The van der Waals surface area contributed by atoms with Gasteiger partial charge in [-0.25, -0.2) is 0 Å². The highest BCUT2D eigenvalue weighted by molar-refractivity contribution is 6.30. The number of methoxy groups -OCH3 is 1. The zero-order chi connectivity index (χ0) is 22.9. The molecule has 5 nitrogen and oxygen atoms in total. The molecule has 0 aromatic heterocycles. The zero-order valence-corrected chi connectivity index (χ0v) is 19.0. The van der Waals surface area contributed by atoms with E-state index >= 15 is 0 Å². The Morgan fingerprint density at radius 2 is 1.53 bits per heavy atom. The molecule has 3 aromatic rings. The SMILES string of the molecule is COc1ccc(CNC(=O)[C@@H](Cc2ccccc2)N(Cc2ccc(Cl)cc2)C(C)=O)cc1. The minimum absolute atomic E-state index is 0.166. The van der Waals surface area contributed by atoms with Gasteiger partial charge in [-0.1, -0.05) is 66.2 Å². The lowest BCUT2D eigenvalue weighted by Gasteiger charge is -2.30. The summed E-state index contributed by atoms with van der Waals surface area (Å²) in [6.07, 6.45) is 0.419. The molecule has 0 spiro atoms. The average molecular weight is 451 g/mol. The second kappa shape index (κ2) is 11.3. The lowest BCUT2D eigenvalue weighted by molar-refractivity contribution is -0.139. The van der Waals surface area contributed by atoms with Crippen LogP contribution in [0.4, 0.5) is 0 Å². The number of amides is 2. The largest absolute Gasteiger partial charge is 0.497 e. The van der Waals surface area contributed by atoms with Gasteiger partial charge in [0.05, 0.1) is 7.11 Å². The smallest absolute Gasteiger partial charge is 0.243 e. The monoisotopic (exact) mass is 450 g/mol. The molecule has 32 heavy (non-hydrogen) atoms. The molecule has 0 saturated heterocycles. The molecule has 3 rings (SSSR count). The van der Waals surface area contributed by atoms with Crippen LogP contribution in [-0.2, 0) is 29.1 Å². The van der Waals surface area contributed by atoms with Crippen molar-refractivity contribution in [3.63, 3.8) is 0 Å². The molecule has 166 valence electrons. The number of carbonyl (C=O) groups is 2. The maximum Gasteiger partial charge on any atom is 0.243 e. The predicted molar refractivity (Wildman–Crippen MR) is 126 cm³/mol. The summed E-state index contributed by atoms with van der Waals surface area (Å²) in [4.78, 5) is 27.5. The molecular weight excluding hydrogens is 424 g/mol. The Balaban J connectivity index is 1.80. The average Bonchev–Trinajstić information content (AvgIpc) is 2.81. The Morgan fingerprint density at radius 3 is 2.12 bits per heavy atom. The van der Waals surface area contributed by atoms with Crippen molar-refractivity contribution in [2.45, 2.75) is 32.5 Å². The molecule has 6 heteroatoms. The first-order chi connectivity index (χ1) is 15.5. The van der Waals surface area contributed by atoms with E-state index in [9.17, 15) is 9.59 Å². The van der Waals surface area contributed by atoms with E-state index in [1.54, 1.807) is 24.1 Å². The number of halogens is 1. The van der Waals surface area contributed by atoms with Crippen LogP contribution >= 0.6 is 11.6 Å². The molecule has 0 radical (unpaired) electrons. The van der Waals surface area contributed by atoms with Crippen LogP contribution in [-0.4, -0.2) is 29.9 Å². The number of ether oxygens (including phenoxy) is 1. The van der Waals surface area contributed by atoms with Crippen LogP contribution in [0.25, 0.3) is 0 Å². The number of nitrogens with one attached hydrogen (secondary N) is 1. The first-order valence-corrected chi connectivity index (χ1v) is 10.8. The molecule has 0 saturated carbocycles. The molecule has 3 aromatic carbocycles. The third-order valence-electron chi connectivity index (χ3n) is 5.25. The summed E-state index contributed by atoms with van der Waals surface area (Å²) in [5, 5.41) is 3.62. The van der Waals surface area contributed by atoms with Crippen molar-refractivity contribution < 1.29 is 14.3 Å². The van der Waals surface area contributed by atoms with Crippen molar-refractivity contribution in [3.05, 3.63) is 101 Å². The van der Waals surface area contributed by atoms with Crippen LogP contribution in [0, 0.1) is 0 Å². The number of hydrogen-bond donors (Lipinski definition) is 1. The van der Waals surface area contributed by atoms with Gasteiger partial charge in [0.15, 0.2) is 0 Å². The summed E-state index contributed by atoms with van der Waals surface area (Å²) >= 11 is 6.00. The summed E-state index contributed by atoms with van der Waals surface area (Å²) < 4.78 is 5.18. The lowest BCUT2D eigenvalue weighted by Crippen LogP contribution is -2.49. The number of benzene rings is 3. The minimum Gasteiger partial charge on any atom is -0.497 e. The summed E-state index contributed by atoms with van der Waals surface area (Å²) in [5.41, 5.74) is 2.84. The molecule has 0 bridgehead atoms. The molecule has 2 amide bonds. The summed E-state index contributed by atoms with van der Waals surface area (Å²) in [6, 6.07) is 23.9. The van der Waals surface area contributed by atoms with E-state index in [1.807, 2.05) is 66.7 Å². The Morgan fingerprint density at radius 1 is 0.906 bits per heavy atom. The van der Waals surface area contributed by atoms with Gasteiger partial charge in [0.2, 0.25) is 11.8 Å². The maximum absolute atomic E-state index is 13.3. The van der Waals surface area contributed by atoms with Crippen molar-refractivity contribution in [2.24, 2.45) is 0 Å². The van der Waals surface area contributed by atoms with Gasteiger partial charge in [0.25, 0.3) is 0 Å². The summed E-state index contributed by atoms with van der Waals surface area (Å²) in [7, 11) is 1.61. The molecule has 0 unspecified atom stereocenters. The fourth-order valence-electron chi connectivity index (χ4n) is 3.46. The predicted octanol–water partition coefficient (Wildman–Crippen LogP) is 4.62. The molecule has 0 aliphatic rings. The fourth-order valence-corrected chi connectivity index (χ4v) is 3.59. The number of hydrogen-bond acceptors (Lipinski definition) is 3. The van der Waals surface area contributed by atoms with E-state index < -0.39 is 6.04 Å². The third kappa shape index (κ3) is 6.59. The molecule has 0 aliphatic heterocycles. The minimum atomic E-state index is -0.649. The molecule has 1 N–H and O–H groups in total. The van der Waals surface area contributed by atoms with Gasteiger partial charge in [-0.2, -0.15) is 0 Å². The van der Waals surface area contributed by atoms with Crippen molar-refractivity contribution in [3.8, 4) is 5.75 Å². The normalized spacial score (nSPS) is 11.5. The topological polar surface area (TPSA) is 58.6 Å². The van der Waals surface area contributed by atoms with E-state index in [-0.39, 0.29) is 11.8 Å². The number of nitrogens with zero attached hydrogens (tertiary/aromatic N) is 1. The standard InChI is InChI=1S/C26H27ClN2O3/c1-19(30)29(18-22-8-12-23(27)13-9-22)25(16-20-6-4-3-5-7-20)26(31)28-17-21-10-14-24(32-2)15-11-21/h3-15,25H,16-18H2,1-2H3,(H,28,31)/t25-/m1/s1. The van der Waals surface area contributed by atoms with Crippen LogP contribution < -0.4 is 10.1 Å². The van der Waals surface area contributed by atoms with Crippen LogP contribution in [0.1, 0.15) is 23.6 Å². The summed E-state index contributed by atoms with van der Waals surface area (Å²) in [6.45, 7) is 2.17. The highest BCUT2D eigenvalue weighted by Gasteiger charge is 2.28. The van der Waals surface area contributed by atoms with Gasteiger partial charge in [-0.15, -0.1) is 0 Å². The highest BCUT2D eigenvalue weighted by Crippen LogP contribution is 2.17. The van der Waals surface area contributed by atoms with E-state index in [1.165, 1.54) is 6.92 Å². The van der Waals surface area contributed by atoms with E-state index in [2.05, 4.69) is 5.32 Å². The number of rotatable bonds is 9. The zero-order valence-electron chi connectivity index (χ0n) is 18.3. The van der Waals surface area contributed by atoms with Gasteiger partial charge in [0.1, 0.15) is 11.8 Å². The Hall–Kier alpha value is -3.31. The lowest BCUT2D eigenvalue weighted by atomic mass is 10.0. The van der Waals surface area contributed by atoms with Crippen molar-refractivity contribution in [1.82, 2.24) is 10.2 Å². The van der Waals surface area contributed by atoms with Crippen molar-refractivity contribution in [2.75, 3.05) is 7.11 Å².